The Morgan fingerprint density at radius 1 is 1.03 bits per heavy atom. The fraction of sp³-hybridized carbons (Fsp3) is 0.333. The van der Waals surface area contributed by atoms with E-state index in [0.29, 0.717) is 11.4 Å². The number of esters is 1. The molecule has 2 rings (SSSR count). The number of sulfonamides is 1. The molecule has 8 heteroatoms. The van der Waals surface area contributed by atoms with Gasteiger partial charge in [-0.3, -0.25) is 13.9 Å². The van der Waals surface area contributed by atoms with Crippen molar-refractivity contribution < 1.29 is 22.7 Å². The molecule has 0 radical (unpaired) electrons. The SMILES string of the molecule is CC(=O)Nc1ccc(S(=O)(=O)N(CC(=O)OC(C)C)c2c(C)cccc2C)cc1. The molecular weight excluding hydrogens is 392 g/mol. The van der Waals surface area contributed by atoms with E-state index >= 15 is 0 Å². The Bertz CT molecular complexity index is 978. The minimum absolute atomic E-state index is 0.00611. The van der Waals surface area contributed by atoms with Crippen molar-refractivity contribution in [2.75, 3.05) is 16.2 Å². The highest BCUT2D eigenvalue weighted by atomic mass is 32.2. The molecule has 1 amide bonds. The second-order valence-electron chi connectivity index (χ2n) is 7.00. The zero-order valence-electron chi connectivity index (χ0n) is 17.2. The molecule has 156 valence electrons. The van der Waals surface area contributed by atoms with Gasteiger partial charge in [0.1, 0.15) is 6.54 Å². The van der Waals surface area contributed by atoms with Crippen LogP contribution in [0.25, 0.3) is 0 Å². The predicted molar refractivity (Wildman–Crippen MR) is 112 cm³/mol. The van der Waals surface area contributed by atoms with Gasteiger partial charge < -0.3 is 10.1 Å². The first-order valence-electron chi connectivity index (χ1n) is 9.18. The van der Waals surface area contributed by atoms with Gasteiger partial charge in [0.25, 0.3) is 10.0 Å². The van der Waals surface area contributed by atoms with Crippen LogP contribution in [-0.2, 0) is 24.3 Å². The first kappa shape index (κ1) is 22.4. The molecule has 29 heavy (non-hydrogen) atoms. The lowest BCUT2D eigenvalue weighted by atomic mass is 10.1. The van der Waals surface area contributed by atoms with Crippen LogP contribution >= 0.6 is 0 Å². The van der Waals surface area contributed by atoms with Crippen molar-refractivity contribution in [3.8, 4) is 0 Å². The molecule has 0 aliphatic rings. The van der Waals surface area contributed by atoms with E-state index < -0.39 is 22.5 Å². The van der Waals surface area contributed by atoms with Gasteiger partial charge in [-0.1, -0.05) is 18.2 Å². The molecule has 0 spiro atoms. The number of aryl methyl sites for hydroxylation is 2. The van der Waals surface area contributed by atoms with E-state index in [1.54, 1.807) is 39.8 Å². The topological polar surface area (TPSA) is 92.8 Å². The van der Waals surface area contributed by atoms with E-state index in [4.69, 9.17) is 4.74 Å². The molecule has 2 aromatic carbocycles. The van der Waals surface area contributed by atoms with E-state index in [0.717, 1.165) is 15.4 Å². The third kappa shape index (κ3) is 5.57. The summed E-state index contributed by atoms with van der Waals surface area (Å²) in [7, 11) is -4.06. The maximum atomic E-state index is 13.4. The van der Waals surface area contributed by atoms with E-state index in [2.05, 4.69) is 5.32 Å². The minimum atomic E-state index is -4.06. The number of rotatable bonds is 7. The van der Waals surface area contributed by atoms with E-state index in [1.807, 2.05) is 6.07 Å². The molecule has 1 N–H and O–H groups in total. The van der Waals surface area contributed by atoms with Crippen LogP contribution in [0.5, 0.6) is 0 Å². The predicted octanol–water partition coefficient (Wildman–Crippen LogP) is 3.41. The highest BCUT2D eigenvalue weighted by molar-refractivity contribution is 7.92. The number of amides is 1. The van der Waals surface area contributed by atoms with Gasteiger partial charge in [-0.2, -0.15) is 0 Å². The largest absolute Gasteiger partial charge is 0.462 e. The highest BCUT2D eigenvalue weighted by Gasteiger charge is 2.30. The number of ether oxygens (including phenoxy) is 1. The molecule has 0 aliphatic heterocycles. The Morgan fingerprint density at radius 2 is 1.59 bits per heavy atom. The van der Waals surface area contributed by atoms with Gasteiger partial charge in [0.2, 0.25) is 5.91 Å². The molecule has 0 bridgehead atoms. The smallest absolute Gasteiger partial charge is 0.327 e. The van der Waals surface area contributed by atoms with Crippen molar-refractivity contribution in [3.05, 3.63) is 53.6 Å². The Kier molecular flexibility index (Phi) is 7.02. The van der Waals surface area contributed by atoms with Crippen molar-refractivity contribution in [1.82, 2.24) is 0 Å². The van der Waals surface area contributed by atoms with Gasteiger partial charge in [-0.15, -0.1) is 0 Å². The molecule has 2 aromatic rings. The number of hydrogen-bond acceptors (Lipinski definition) is 5. The van der Waals surface area contributed by atoms with Gasteiger partial charge in [0, 0.05) is 12.6 Å². The molecule has 0 aliphatic carbocycles. The summed E-state index contributed by atoms with van der Waals surface area (Å²) in [6.45, 7) is 7.91. The van der Waals surface area contributed by atoms with Crippen molar-refractivity contribution in [2.24, 2.45) is 0 Å². The summed E-state index contributed by atoms with van der Waals surface area (Å²) in [6.07, 6.45) is -0.359. The van der Waals surface area contributed by atoms with Crippen LogP contribution in [0.15, 0.2) is 47.4 Å². The molecular formula is C21H26N2O5S. The Morgan fingerprint density at radius 3 is 2.07 bits per heavy atom. The Balaban J connectivity index is 2.51. The lowest BCUT2D eigenvalue weighted by Gasteiger charge is -2.27. The summed E-state index contributed by atoms with van der Waals surface area (Å²) >= 11 is 0. The molecule has 0 saturated heterocycles. The van der Waals surface area contributed by atoms with E-state index in [9.17, 15) is 18.0 Å². The molecule has 0 unspecified atom stereocenters. The van der Waals surface area contributed by atoms with Crippen molar-refractivity contribution in [3.63, 3.8) is 0 Å². The summed E-state index contributed by atoms with van der Waals surface area (Å²) < 4.78 is 33.1. The van der Waals surface area contributed by atoms with Gasteiger partial charge in [-0.05, 0) is 63.1 Å². The average molecular weight is 419 g/mol. The van der Waals surface area contributed by atoms with Crippen molar-refractivity contribution in [1.29, 1.82) is 0 Å². The number of nitrogens with one attached hydrogen (secondary N) is 1. The Labute approximate surface area is 171 Å². The molecule has 0 fully saturated rings. The third-order valence-electron chi connectivity index (χ3n) is 4.09. The third-order valence-corrected chi connectivity index (χ3v) is 5.85. The van der Waals surface area contributed by atoms with Crippen LogP contribution in [0.4, 0.5) is 11.4 Å². The number of anilines is 2. The zero-order chi connectivity index (χ0) is 21.8. The van der Waals surface area contributed by atoms with Crippen molar-refractivity contribution in [2.45, 2.75) is 45.6 Å². The van der Waals surface area contributed by atoms with Gasteiger partial charge in [0.15, 0.2) is 0 Å². The van der Waals surface area contributed by atoms with E-state index in [-0.39, 0.29) is 16.9 Å². The first-order chi connectivity index (χ1) is 13.5. The summed E-state index contributed by atoms with van der Waals surface area (Å²) in [6, 6.07) is 11.2. The molecule has 0 saturated carbocycles. The molecule has 7 nitrogen and oxygen atoms in total. The normalized spacial score (nSPS) is 11.2. The van der Waals surface area contributed by atoms with Gasteiger partial charge >= 0.3 is 5.97 Å². The van der Waals surface area contributed by atoms with E-state index in [1.165, 1.54) is 31.2 Å². The van der Waals surface area contributed by atoms with Crippen LogP contribution in [0.3, 0.4) is 0 Å². The number of carbonyl (C=O) groups is 2. The summed E-state index contributed by atoms with van der Waals surface area (Å²) in [5.74, 6) is -0.893. The summed E-state index contributed by atoms with van der Waals surface area (Å²) in [4.78, 5) is 23.5. The number of benzene rings is 2. The van der Waals surface area contributed by atoms with Crippen LogP contribution in [0, 0.1) is 13.8 Å². The number of hydrogen-bond donors (Lipinski definition) is 1. The zero-order valence-corrected chi connectivity index (χ0v) is 18.0. The first-order valence-corrected chi connectivity index (χ1v) is 10.6. The summed E-state index contributed by atoms with van der Waals surface area (Å²) in [5, 5.41) is 2.59. The van der Waals surface area contributed by atoms with Crippen LogP contribution in [0.2, 0.25) is 0 Å². The highest BCUT2D eigenvalue weighted by Crippen LogP contribution is 2.30. The quantitative estimate of drug-likeness (QED) is 0.696. The molecule has 0 heterocycles. The monoisotopic (exact) mass is 418 g/mol. The number of nitrogens with zero attached hydrogens (tertiary/aromatic N) is 1. The van der Waals surface area contributed by atoms with Gasteiger partial charge in [0.05, 0.1) is 16.7 Å². The molecule has 0 atom stereocenters. The number of para-hydroxylation sites is 1. The van der Waals surface area contributed by atoms with Crippen molar-refractivity contribution >= 4 is 33.3 Å². The second-order valence-corrected chi connectivity index (χ2v) is 8.86. The maximum absolute atomic E-state index is 13.4. The van der Waals surface area contributed by atoms with Crippen LogP contribution in [0.1, 0.15) is 31.9 Å². The lowest BCUT2D eigenvalue weighted by molar-refractivity contribution is -0.145. The number of carbonyl (C=O) groups excluding carboxylic acids is 2. The molecule has 0 aromatic heterocycles. The standard InChI is InChI=1S/C21H26N2O5S/c1-14(2)28-20(25)13-23(21-15(3)7-6-8-16(21)4)29(26,27)19-11-9-18(10-12-19)22-17(5)24/h6-12,14H,13H2,1-5H3,(H,22,24). The average Bonchev–Trinajstić information content (AvgIpc) is 2.60. The fourth-order valence-corrected chi connectivity index (χ4v) is 4.48. The lowest BCUT2D eigenvalue weighted by Crippen LogP contribution is -2.38. The van der Waals surface area contributed by atoms with Crippen LogP contribution in [-0.4, -0.2) is 32.9 Å². The summed E-state index contributed by atoms with van der Waals surface area (Å²) in [5.41, 5.74) is 2.37. The fourth-order valence-electron chi connectivity index (χ4n) is 2.94. The minimum Gasteiger partial charge on any atom is -0.462 e. The Hall–Kier alpha value is -2.87. The van der Waals surface area contributed by atoms with Crippen LogP contribution < -0.4 is 9.62 Å². The maximum Gasteiger partial charge on any atom is 0.327 e. The second kappa shape index (κ2) is 9.09. The van der Waals surface area contributed by atoms with Gasteiger partial charge in [-0.25, -0.2) is 8.42 Å².